The van der Waals surface area contributed by atoms with Crippen LogP contribution in [0.2, 0.25) is 0 Å². The molecule has 1 rings (SSSR count). The Morgan fingerprint density at radius 1 is 1.36 bits per heavy atom. The zero-order chi connectivity index (χ0) is 16.6. The standard InChI is InChI=1S/C14H22NO4PS2/c1-4-18-13(16)14(2,3)15-20(17,10-11-22-21)19-12-8-6-5-7-9-12/h5-9,21H,4,10-11H2,1-3H3,(H,15,17). The molecule has 0 aliphatic rings. The Bertz CT molecular complexity index is 525. The quantitative estimate of drug-likeness (QED) is 0.301. The van der Waals surface area contributed by atoms with Crippen LogP contribution >= 0.6 is 30.0 Å². The number of para-hydroxylation sites is 1. The molecule has 22 heavy (non-hydrogen) atoms. The third-order valence-corrected chi connectivity index (χ3v) is 6.16. The van der Waals surface area contributed by atoms with Crippen LogP contribution in [-0.4, -0.2) is 30.0 Å². The Morgan fingerprint density at radius 2 is 2.00 bits per heavy atom. The molecule has 0 fully saturated rings. The number of thiol groups is 1. The van der Waals surface area contributed by atoms with Crippen molar-refractivity contribution < 1.29 is 18.6 Å². The zero-order valence-electron chi connectivity index (χ0n) is 12.9. The van der Waals surface area contributed by atoms with E-state index in [1.807, 2.05) is 6.07 Å². The fourth-order valence-electron chi connectivity index (χ4n) is 1.72. The molecule has 124 valence electrons. The molecule has 0 radical (unpaired) electrons. The summed E-state index contributed by atoms with van der Waals surface area (Å²) in [6, 6.07) is 8.88. The van der Waals surface area contributed by atoms with Gasteiger partial charge < -0.3 is 9.26 Å². The number of carbonyl (C=O) groups is 1. The van der Waals surface area contributed by atoms with Gasteiger partial charge in [-0.3, -0.25) is 9.36 Å². The van der Waals surface area contributed by atoms with Crippen molar-refractivity contribution in [3.8, 4) is 5.75 Å². The van der Waals surface area contributed by atoms with Gasteiger partial charge in [0.2, 0.25) is 0 Å². The molecule has 0 aromatic heterocycles. The monoisotopic (exact) mass is 363 g/mol. The number of hydrogen-bond acceptors (Lipinski definition) is 6. The Balaban J connectivity index is 2.91. The summed E-state index contributed by atoms with van der Waals surface area (Å²) in [7, 11) is -2.01. The van der Waals surface area contributed by atoms with E-state index in [0.29, 0.717) is 11.5 Å². The summed E-state index contributed by atoms with van der Waals surface area (Å²) in [5.41, 5.74) is -1.11. The minimum atomic E-state index is -3.28. The summed E-state index contributed by atoms with van der Waals surface area (Å²) in [6.07, 6.45) is 0.249. The summed E-state index contributed by atoms with van der Waals surface area (Å²) in [4.78, 5) is 12.0. The Hall–Kier alpha value is -0.620. The highest BCUT2D eigenvalue weighted by Gasteiger charge is 2.38. The number of carbonyl (C=O) groups excluding carboxylic acids is 1. The molecular weight excluding hydrogens is 341 g/mol. The molecule has 1 N–H and O–H groups in total. The van der Waals surface area contributed by atoms with Crippen LogP contribution in [0, 0.1) is 0 Å². The fraction of sp³-hybridized carbons (Fsp3) is 0.500. The number of hydrogen-bond donors (Lipinski definition) is 2. The first-order valence-electron chi connectivity index (χ1n) is 6.90. The van der Waals surface area contributed by atoms with Crippen LogP contribution in [0.3, 0.4) is 0 Å². The van der Waals surface area contributed by atoms with E-state index in [4.69, 9.17) is 9.26 Å². The molecule has 1 aromatic carbocycles. The molecule has 0 spiro atoms. The number of nitrogens with one attached hydrogen (secondary N) is 1. The van der Waals surface area contributed by atoms with Crippen molar-refractivity contribution in [3.05, 3.63) is 30.3 Å². The van der Waals surface area contributed by atoms with Crippen molar-refractivity contribution in [3.63, 3.8) is 0 Å². The molecule has 0 heterocycles. The minimum Gasteiger partial charge on any atom is -0.465 e. The van der Waals surface area contributed by atoms with Crippen molar-refractivity contribution >= 4 is 35.9 Å². The van der Waals surface area contributed by atoms with Crippen molar-refractivity contribution in [2.45, 2.75) is 26.3 Å². The van der Waals surface area contributed by atoms with E-state index in [2.05, 4.69) is 16.7 Å². The molecule has 5 nitrogen and oxygen atoms in total. The lowest BCUT2D eigenvalue weighted by atomic mass is 10.1. The molecule has 0 saturated carbocycles. The van der Waals surface area contributed by atoms with Crippen LogP contribution < -0.4 is 9.61 Å². The van der Waals surface area contributed by atoms with Crippen LogP contribution in [-0.2, 0) is 14.1 Å². The van der Waals surface area contributed by atoms with E-state index in [0.717, 1.165) is 0 Å². The van der Waals surface area contributed by atoms with Gasteiger partial charge in [-0.15, -0.1) is 11.7 Å². The average molecular weight is 363 g/mol. The van der Waals surface area contributed by atoms with Gasteiger partial charge >= 0.3 is 13.5 Å². The van der Waals surface area contributed by atoms with E-state index in [9.17, 15) is 9.36 Å². The Kier molecular flexibility index (Phi) is 7.83. The van der Waals surface area contributed by atoms with E-state index in [1.165, 1.54) is 10.8 Å². The molecule has 1 atom stereocenters. The van der Waals surface area contributed by atoms with Crippen LogP contribution in [0.15, 0.2) is 30.3 Å². The third kappa shape index (κ3) is 6.24. The Labute approximate surface area is 140 Å². The largest absolute Gasteiger partial charge is 0.465 e. The maximum atomic E-state index is 13.1. The highest BCUT2D eigenvalue weighted by atomic mass is 33.1. The maximum absolute atomic E-state index is 13.1. The summed E-state index contributed by atoms with van der Waals surface area (Å²) < 4.78 is 23.7. The van der Waals surface area contributed by atoms with Gasteiger partial charge in [0.25, 0.3) is 0 Å². The number of esters is 1. The maximum Gasteiger partial charge on any atom is 0.326 e. The molecule has 1 aromatic rings. The van der Waals surface area contributed by atoms with Gasteiger partial charge in [0.05, 0.1) is 12.8 Å². The predicted octanol–water partition coefficient (Wildman–Crippen LogP) is 3.77. The molecule has 0 saturated heterocycles. The lowest BCUT2D eigenvalue weighted by molar-refractivity contribution is -0.149. The van der Waals surface area contributed by atoms with Crippen LogP contribution in [0.1, 0.15) is 20.8 Å². The molecule has 0 aliphatic heterocycles. The number of benzene rings is 1. The van der Waals surface area contributed by atoms with Gasteiger partial charge in [-0.05, 0) is 32.9 Å². The normalized spacial score (nSPS) is 14.2. The van der Waals surface area contributed by atoms with Gasteiger partial charge in [-0.25, -0.2) is 5.09 Å². The summed E-state index contributed by atoms with van der Waals surface area (Å²) in [5.74, 6) is 0.548. The highest BCUT2D eigenvalue weighted by molar-refractivity contribution is 8.68. The number of rotatable bonds is 9. The third-order valence-electron chi connectivity index (χ3n) is 2.71. The van der Waals surface area contributed by atoms with Crippen LogP contribution in [0.4, 0.5) is 0 Å². The van der Waals surface area contributed by atoms with Gasteiger partial charge in [0, 0.05) is 5.75 Å². The van der Waals surface area contributed by atoms with E-state index < -0.39 is 19.0 Å². The van der Waals surface area contributed by atoms with E-state index in [-0.39, 0.29) is 12.8 Å². The molecule has 1 unspecified atom stereocenters. The Morgan fingerprint density at radius 3 is 2.55 bits per heavy atom. The van der Waals surface area contributed by atoms with Crippen LogP contribution in [0.5, 0.6) is 5.75 Å². The zero-order valence-corrected chi connectivity index (χ0v) is 15.5. The fourth-order valence-corrected chi connectivity index (χ4v) is 5.40. The second-order valence-corrected chi connectivity index (χ2v) is 8.73. The molecule has 8 heteroatoms. The second-order valence-electron chi connectivity index (χ2n) is 5.09. The van der Waals surface area contributed by atoms with Gasteiger partial charge in [0.15, 0.2) is 0 Å². The van der Waals surface area contributed by atoms with Crippen LogP contribution in [0.25, 0.3) is 0 Å². The predicted molar refractivity (Wildman–Crippen MR) is 94.8 cm³/mol. The molecular formula is C14H22NO4PS2. The topological polar surface area (TPSA) is 64.6 Å². The van der Waals surface area contributed by atoms with Gasteiger partial charge in [0.1, 0.15) is 11.3 Å². The first-order chi connectivity index (χ1) is 10.3. The first-order valence-corrected chi connectivity index (χ1v) is 10.7. The van der Waals surface area contributed by atoms with Crippen molar-refractivity contribution in [1.29, 1.82) is 0 Å². The lowest BCUT2D eigenvalue weighted by Crippen LogP contribution is -2.47. The van der Waals surface area contributed by atoms with Crippen molar-refractivity contribution in [2.24, 2.45) is 0 Å². The second kappa shape index (κ2) is 8.87. The van der Waals surface area contributed by atoms with Crippen molar-refractivity contribution in [2.75, 3.05) is 18.5 Å². The average Bonchev–Trinajstić information content (AvgIpc) is 2.46. The lowest BCUT2D eigenvalue weighted by Gasteiger charge is -2.29. The summed E-state index contributed by atoms with van der Waals surface area (Å²) in [6.45, 7) is 5.24. The molecule has 0 bridgehead atoms. The smallest absolute Gasteiger partial charge is 0.326 e. The highest BCUT2D eigenvalue weighted by Crippen LogP contribution is 2.45. The first kappa shape index (κ1) is 19.4. The van der Waals surface area contributed by atoms with Crippen molar-refractivity contribution in [1.82, 2.24) is 5.09 Å². The minimum absolute atomic E-state index is 0.249. The van der Waals surface area contributed by atoms with Gasteiger partial charge in [-0.1, -0.05) is 29.0 Å². The van der Waals surface area contributed by atoms with E-state index >= 15 is 0 Å². The summed E-state index contributed by atoms with van der Waals surface area (Å²) >= 11 is 4.06. The van der Waals surface area contributed by atoms with E-state index in [1.54, 1.807) is 45.0 Å². The summed E-state index contributed by atoms with van der Waals surface area (Å²) in [5, 5.41) is 2.85. The number of ether oxygens (including phenoxy) is 1. The SMILES string of the molecule is CCOC(=O)C(C)(C)NP(=O)(CCSS)Oc1ccccc1. The molecule has 0 aliphatic carbocycles. The molecule has 0 amide bonds. The van der Waals surface area contributed by atoms with Gasteiger partial charge in [-0.2, -0.15) is 0 Å².